The molecule has 5 heteroatoms. The van der Waals surface area contributed by atoms with Gasteiger partial charge in [0.2, 0.25) is 0 Å². The second-order valence-corrected chi connectivity index (χ2v) is 3.25. The van der Waals surface area contributed by atoms with Crippen molar-refractivity contribution in [3.8, 4) is 11.5 Å². The van der Waals surface area contributed by atoms with Gasteiger partial charge in [-0.25, -0.2) is 0 Å². The van der Waals surface area contributed by atoms with E-state index in [2.05, 4.69) is 16.6 Å². The summed E-state index contributed by atoms with van der Waals surface area (Å²) in [6.45, 7) is 1.68. The average molecular weight is 243 g/mol. The van der Waals surface area contributed by atoms with Gasteiger partial charge in [0.1, 0.15) is 0 Å². The number of ether oxygens (including phenoxy) is 2. The molecule has 94 valence electrons. The Bertz CT molecular complexity index is 370. The van der Waals surface area contributed by atoms with E-state index in [4.69, 9.17) is 4.74 Å². The second kappa shape index (κ2) is 6.85. The lowest BCUT2D eigenvalue weighted by Crippen LogP contribution is -2.15. The summed E-state index contributed by atoms with van der Waals surface area (Å²) in [7, 11) is 1.41. The van der Waals surface area contributed by atoms with E-state index < -0.39 is 6.61 Å². The van der Waals surface area contributed by atoms with Crippen LogP contribution in [-0.2, 0) is 6.54 Å². The number of para-hydroxylation sites is 1. The number of nitrogens with one attached hydrogen (secondary N) is 1. The van der Waals surface area contributed by atoms with Crippen LogP contribution < -0.4 is 14.8 Å². The fraction of sp³-hybridized carbons (Fsp3) is 0.333. The van der Waals surface area contributed by atoms with E-state index in [1.807, 2.05) is 0 Å². The Kier molecular flexibility index (Phi) is 5.42. The summed E-state index contributed by atoms with van der Waals surface area (Å²) >= 11 is 0. The first-order valence-corrected chi connectivity index (χ1v) is 5.11. The molecule has 0 bridgehead atoms. The zero-order valence-electron chi connectivity index (χ0n) is 9.58. The second-order valence-electron chi connectivity index (χ2n) is 3.25. The average Bonchev–Trinajstić information content (AvgIpc) is 2.30. The zero-order chi connectivity index (χ0) is 12.7. The molecule has 0 unspecified atom stereocenters. The van der Waals surface area contributed by atoms with Crippen molar-refractivity contribution in [2.24, 2.45) is 0 Å². The van der Waals surface area contributed by atoms with Crippen molar-refractivity contribution >= 4 is 0 Å². The number of halogens is 2. The Labute approximate surface area is 99.0 Å². The van der Waals surface area contributed by atoms with Gasteiger partial charge in [0, 0.05) is 18.7 Å². The van der Waals surface area contributed by atoms with Crippen LogP contribution in [0.5, 0.6) is 11.5 Å². The number of benzene rings is 1. The Hall–Kier alpha value is -1.62. The van der Waals surface area contributed by atoms with Crippen molar-refractivity contribution in [2.45, 2.75) is 13.2 Å². The Balaban J connectivity index is 2.88. The summed E-state index contributed by atoms with van der Waals surface area (Å²) in [5.74, 6) is 0.366. The third-order valence-electron chi connectivity index (χ3n) is 2.09. The van der Waals surface area contributed by atoms with Gasteiger partial charge in [0.05, 0.1) is 7.11 Å². The minimum absolute atomic E-state index is 0.0709. The van der Waals surface area contributed by atoms with Gasteiger partial charge in [-0.3, -0.25) is 0 Å². The molecule has 1 rings (SSSR count). The number of hydrogen-bond acceptors (Lipinski definition) is 3. The fourth-order valence-corrected chi connectivity index (χ4v) is 1.39. The van der Waals surface area contributed by atoms with Crippen molar-refractivity contribution in [3.63, 3.8) is 0 Å². The van der Waals surface area contributed by atoms with Crippen LogP contribution in [0.15, 0.2) is 30.9 Å². The first-order chi connectivity index (χ1) is 8.19. The van der Waals surface area contributed by atoms with Gasteiger partial charge in [-0.1, -0.05) is 18.2 Å². The highest BCUT2D eigenvalue weighted by atomic mass is 19.3. The SMILES string of the molecule is C=CCNCc1cccc(OC)c1OC(F)F. The van der Waals surface area contributed by atoms with Crippen molar-refractivity contribution in [2.75, 3.05) is 13.7 Å². The van der Waals surface area contributed by atoms with Crippen LogP contribution in [0.25, 0.3) is 0 Å². The monoisotopic (exact) mass is 243 g/mol. The lowest BCUT2D eigenvalue weighted by Gasteiger charge is -2.14. The first kappa shape index (κ1) is 13.4. The molecule has 0 saturated heterocycles. The van der Waals surface area contributed by atoms with Crippen molar-refractivity contribution in [1.82, 2.24) is 5.32 Å². The van der Waals surface area contributed by atoms with Crippen molar-refractivity contribution in [3.05, 3.63) is 36.4 Å². The summed E-state index contributed by atoms with van der Waals surface area (Å²) in [6.07, 6.45) is 1.69. The van der Waals surface area contributed by atoms with E-state index in [0.717, 1.165) is 0 Å². The van der Waals surface area contributed by atoms with E-state index in [1.165, 1.54) is 7.11 Å². The van der Waals surface area contributed by atoms with Crippen LogP contribution in [0.4, 0.5) is 8.78 Å². The molecule has 0 aliphatic rings. The molecular weight excluding hydrogens is 228 g/mol. The van der Waals surface area contributed by atoms with Gasteiger partial charge in [-0.05, 0) is 6.07 Å². The molecule has 1 N–H and O–H groups in total. The van der Waals surface area contributed by atoms with Gasteiger partial charge in [-0.2, -0.15) is 8.78 Å². The summed E-state index contributed by atoms with van der Waals surface area (Å²) in [6, 6.07) is 5.01. The minimum atomic E-state index is -2.87. The van der Waals surface area contributed by atoms with Gasteiger partial charge in [-0.15, -0.1) is 6.58 Å². The first-order valence-electron chi connectivity index (χ1n) is 5.11. The van der Waals surface area contributed by atoms with Gasteiger partial charge < -0.3 is 14.8 Å². The van der Waals surface area contributed by atoms with Gasteiger partial charge >= 0.3 is 6.61 Å². The Morgan fingerprint density at radius 2 is 2.24 bits per heavy atom. The quantitative estimate of drug-likeness (QED) is 0.589. The van der Waals surface area contributed by atoms with Crippen LogP contribution in [0, 0.1) is 0 Å². The normalized spacial score (nSPS) is 10.4. The highest BCUT2D eigenvalue weighted by Crippen LogP contribution is 2.32. The highest BCUT2D eigenvalue weighted by molar-refractivity contribution is 5.46. The van der Waals surface area contributed by atoms with Crippen LogP contribution in [0.2, 0.25) is 0 Å². The van der Waals surface area contributed by atoms with Crippen LogP contribution in [0.3, 0.4) is 0 Å². The van der Waals surface area contributed by atoms with Crippen LogP contribution in [0.1, 0.15) is 5.56 Å². The molecule has 0 aliphatic heterocycles. The molecule has 1 aromatic carbocycles. The molecule has 0 fully saturated rings. The van der Waals surface area contributed by atoms with E-state index in [0.29, 0.717) is 24.4 Å². The van der Waals surface area contributed by atoms with E-state index in [-0.39, 0.29) is 5.75 Å². The maximum Gasteiger partial charge on any atom is 0.387 e. The molecule has 3 nitrogen and oxygen atoms in total. The fourth-order valence-electron chi connectivity index (χ4n) is 1.39. The standard InChI is InChI=1S/C12H15F2NO2/c1-3-7-15-8-9-5-4-6-10(16-2)11(9)17-12(13)14/h3-6,12,15H,1,7-8H2,2H3. The molecular formula is C12H15F2NO2. The van der Waals surface area contributed by atoms with Crippen LogP contribution in [-0.4, -0.2) is 20.3 Å². The Morgan fingerprint density at radius 3 is 2.82 bits per heavy atom. The molecule has 0 aliphatic carbocycles. The summed E-state index contributed by atoms with van der Waals surface area (Å²) < 4.78 is 34.0. The number of hydrogen-bond donors (Lipinski definition) is 1. The largest absolute Gasteiger partial charge is 0.493 e. The predicted octanol–water partition coefficient (Wildman–Crippen LogP) is 2.57. The maximum atomic E-state index is 12.3. The van der Waals surface area contributed by atoms with E-state index in [1.54, 1.807) is 24.3 Å². The Morgan fingerprint density at radius 1 is 1.47 bits per heavy atom. The number of alkyl halides is 2. The summed E-state index contributed by atoms with van der Waals surface area (Å²) in [5.41, 5.74) is 0.617. The van der Waals surface area contributed by atoms with Crippen molar-refractivity contribution in [1.29, 1.82) is 0 Å². The van der Waals surface area contributed by atoms with Gasteiger partial charge in [0.15, 0.2) is 11.5 Å². The van der Waals surface area contributed by atoms with Crippen LogP contribution >= 0.6 is 0 Å². The van der Waals surface area contributed by atoms with E-state index in [9.17, 15) is 8.78 Å². The molecule has 0 amide bonds. The topological polar surface area (TPSA) is 30.5 Å². The zero-order valence-corrected chi connectivity index (χ0v) is 9.58. The van der Waals surface area contributed by atoms with Crippen molar-refractivity contribution < 1.29 is 18.3 Å². The van der Waals surface area contributed by atoms with Gasteiger partial charge in [0.25, 0.3) is 0 Å². The lowest BCUT2D eigenvalue weighted by atomic mass is 10.2. The summed E-state index contributed by atoms with van der Waals surface area (Å²) in [5, 5.41) is 3.02. The molecule has 0 aromatic heterocycles. The minimum Gasteiger partial charge on any atom is -0.493 e. The molecule has 0 spiro atoms. The molecule has 0 saturated carbocycles. The molecule has 0 atom stereocenters. The molecule has 0 heterocycles. The smallest absolute Gasteiger partial charge is 0.387 e. The lowest BCUT2D eigenvalue weighted by molar-refractivity contribution is -0.0518. The van der Waals surface area contributed by atoms with E-state index >= 15 is 0 Å². The number of methoxy groups -OCH3 is 1. The third kappa shape index (κ3) is 4.03. The third-order valence-corrected chi connectivity index (χ3v) is 2.09. The number of rotatable bonds is 7. The predicted molar refractivity (Wildman–Crippen MR) is 61.5 cm³/mol. The molecule has 17 heavy (non-hydrogen) atoms. The molecule has 0 radical (unpaired) electrons. The highest BCUT2D eigenvalue weighted by Gasteiger charge is 2.14. The summed E-state index contributed by atoms with van der Waals surface area (Å²) in [4.78, 5) is 0. The maximum absolute atomic E-state index is 12.3. The molecule has 1 aromatic rings.